The van der Waals surface area contributed by atoms with Crippen molar-refractivity contribution in [1.29, 1.82) is 0 Å². The Kier molecular flexibility index (Phi) is 9.06. The summed E-state index contributed by atoms with van der Waals surface area (Å²) in [5, 5.41) is 0. The summed E-state index contributed by atoms with van der Waals surface area (Å²) in [5.41, 5.74) is -0.0833. The molecule has 0 aliphatic carbocycles. The second kappa shape index (κ2) is 11.9. The average Bonchev–Trinajstić information content (AvgIpc) is 2.87. The van der Waals surface area contributed by atoms with Gasteiger partial charge in [-0.15, -0.1) is 0 Å². The lowest BCUT2D eigenvalue weighted by atomic mass is 10.1. The Labute approximate surface area is 195 Å². The van der Waals surface area contributed by atoms with Gasteiger partial charge >= 0.3 is 17.9 Å². The van der Waals surface area contributed by atoms with Gasteiger partial charge in [0.15, 0.2) is 23.0 Å². The molecule has 0 saturated carbocycles. The molecule has 0 fully saturated rings. The van der Waals surface area contributed by atoms with Crippen molar-refractivity contribution in [2.45, 2.75) is 0 Å². The largest absolute Gasteiger partial charge is 0.493 e. The van der Waals surface area contributed by atoms with E-state index < -0.39 is 17.9 Å². The minimum atomic E-state index is -0.976. The normalized spacial score (nSPS) is 9.82. The maximum atomic E-state index is 12.4. The van der Waals surface area contributed by atoms with E-state index in [2.05, 4.69) is 26.1 Å². The molecule has 2 aromatic carbocycles. The van der Waals surface area contributed by atoms with Gasteiger partial charge in [0.25, 0.3) is 0 Å². The highest BCUT2D eigenvalue weighted by Crippen LogP contribution is 2.41. The minimum absolute atomic E-state index is 0.0417. The number of hydrogen-bond acceptors (Lipinski definition) is 12. The molecule has 0 aliphatic heterocycles. The van der Waals surface area contributed by atoms with Crippen LogP contribution in [0, 0.1) is 0 Å². The highest BCUT2D eigenvalue weighted by Gasteiger charge is 2.25. The Morgan fingerprint density at radius 3 is 1.18 bits per heavy atom. The summed E-state index contributed by atoms with van der Waals surface area (Å²) < 4.78 is 31.1. The standard InChI is InChI=1S/C22H24O12/c1-12(31-33-21(23)13-8-10-15(25-2)19(29-6)17(13)27-4)32-34-22(24)14-9-11-16(26-3)20(30-7)18(14)28-5/h8-11H,1H2,2-7H3. The topological polar surface area (TPSA) is 126 Å². The highest BCUT2D eigenvalue weighted by molar-refractivity contribution is 5.94. The maximum Gasteiger partial charge on any atom is 0.390 e. The number of carbonyl (C=O) groups excluding carboxylic acids is 2. The van der Waals surface area contributed by atoms with E-state index in [-0.39, 0.29) is 34.1 Å². The van der Waals surface area contributed by atoms with Gasteiger partial charge in [-0.25, -0.2) is 29.1 Å². The maximum absolute atomic E-state index is 12.4. The van der Waals surface area contributed by atoms with E-state index in [0.717, 1.165) is 0 Å². The van der Waals surface area contributed by atoms with E-state index >= 15 is 0 Å². The Morgan fingerprint density at radius 2 is 0.882 bits per heavy atom. The molecule has 0 aliphatic rings. The lowest BCUT2D eigenvalue weighted by molar-refractivity contribution is -0.317. The molecule has 0 N–H and O–H groups in total. The quantitative estimate of drug-likeness (QED) is 0.252. The van der Waals surface area contributed by atoms with Gasteiger partial charge in [-0.05, 0) is 30.8 Å². The van der Waals surface area contributed by atoms with Gasteiger partial charge in [0.2, 0.25) is 11.5 Å². The molecule has 34 heavy (non-hydrogen) atoms. The predicted molar refractivity (Wildman–Crippen MR) is 114 cm³/mol. The van der Waals surface area contributed by atoms with E-state index in [1.165, 1.54) is 66.9 Å². The Morgan fingerprint density at radius 1 is 0.529 bits per heavy atom. The molecule has 0 amide bonds. The summed E-state index contributed by atoms with van der Waals surface area (Å²) in [5.74, 6) is -1.49. The van der Waals surface area contributed by atoms with E-state index in [0.29, 0.717) is 11.5 Å². The summed E-state index contributed by atoms with van der Waals surface area (Å²) in [7, 11) is 8.28. The summed E-state index contributed by atoms with van der Waals surface area (Å²) >= 11 is 0. The van der Waals surface area contributed by atoms with Crippen LogP contribution in [0.1, 0.15) is 20.7 Å². The number of ether oxygens (including phenoxy) is 6. The third-order valence-corrected chi connectivity index (χ3v) is 4.27. The zero-order chi connectivity index (χ0) is 25.3. The van der Waals surface area contributed by atoms with Crippen LogP contribution in [0.4, 0.5) is 0 Å². The first-order chi connectivity index (χ1) is 16.4. The summed E-state index contributed by atoms with van der Waals surface area (Å²) in [6.07, 6.45) is 0. The van der Waals surface area contributed by atoms with Crippen molar-refractivity contribution in [3.8, 4) is 34.5 Å². The van der Waals surface area contributed by atoms with Gasteiger partial charge in [-0.2, -0.15) is 0 Å². The lowest BCUT2D eigenvalue weighted by Crippen LogP contribution is -2.12. The van der Waals surface area contributed by atoms with Gasteiger partial charge in [-0.3, -0.25) is 0 Å². The fourth-order valence-corrected chi connectivity index (χ4v) is 2.80. The molecule has 0 saturated heterocycles. The monoisotopic (exact) mass is 480 g/mol. The van der Waals surface area contributed by atoms with Crippen molar-refractivity contribution in [2.75, 3.05) is 42.7 Å². The summed E-state index contributed by atoms with van der Waals surface area (Å²) in [6, 6.07) is 5.70. The Hall–Kier alpha value is -4.48. The van der Waals surface area contributed by atoms with Crippen LogP contribution in [-0.4, -0.2) is 54.6 Å². The van der Waals surface area contributed by atoms with Crippen LogP contribution < -0.4 is 28.4 Å². The number of carbonyl (C=O) groups is 2. The van der Waals surface area contributed by atoms with E-state index in [4.69, 9.17) is 28.4 Å². The Balaban J connectivity index is 2.03. The van der Waals surface area contributed by atoms with Crippen molar-refractivity contribution in [1.82, 2.24) is 0 Å². The van der Waals surface area contributed by atoms with Crippen LogP contribution in [0.15, 0.2) is 36.8 Å². The van der Waals surface area contributed by atoms with Gasteiger partial charge in [0.1, 0.15) is 11.1 Å². The molecular formula is C22H24O12. The van der Waals surface area contributed by atoms with Crippen molar-refractivity contribution in [3.05, 3.63) is 47.9 Å². The van der Waals surface area contributed by atoms with Crippen LogP contribution in [-0.2, 0) is 19.6 Å². The van der Waals surface area contributed by atoms with E-state index in [1.807, 2.05) is 0 Å². The number of rotatable bonds is 12. The van der Waals surface area contributed by atoms with Gasteiger partial charge in [0.05, 0.1) is 42.7 Å². The van der Waals surface area contributed by atoms with Gasteiger partial charge in [-0.1, -0.05) is 0 Å². The van der Waals surface area contributed by atoms with E-state index in [9.17, 15) is 9.59 Å². The smallest absolute Gasteiger partial charge is 0.390 e. The second-order valence-electron chi connectivity index (χ2n) is 6.04. The third-order valence-electron chi connectivity index (χ3n) is 4.27. The zero-order valence-corrected chi connectivity index (χ0v) is 19.4. The molecule has 2 rings (SSSR count). The minimum Gasteiger partial charge on any atom is -0.493 e. The molecular weight excluding hydrogens is 456 g/mol. The van der Waals surface area contributed by atoms with Crippen LogP contribution in [0.3, 0.4) is 0 Å². The molecule has 0 unspecified atom stereocenters. The number of hydrogen-bond donors (Lipinski definition) is 0. The molecule has 0 radical (unpaired) electrons. The molecule has 0 atom stereocenters. The fourth-order valence-electron chi connectivity index (χ4n) is 2.80. The molecule has 0 heterocycles. The molecule has 184 valence electrons. The number of methoxy groups -OCH3 is 6. The second-order valence-corrected chi connectivity index (χ2v) is 6.04. The van der Waals surface area contributed by atoms with Crippen LogP contribution >= 0.6 is 0 Å². The molecule has 12 heteroatoms. The van der Waals surface area contributed by atoms with Crippen molar-refractivity contribution in [2.24, 2.45) is 0 Å². The fraction of sp³-hybridized carbons (Fsp3) is 0.273. The molecule has 12 nitrogen and oxygen atoms in total. The predicted octanol–water partition coefficient (Wildman–Crippen LogP) is 3.09. The SMILES string of the molecule is C=C(OOC(=O)c1ccc(OC)c(OC)c1OC)OOC(=O)c1ccc(OC)c(OC)c1OC. The molecule has 0 spiro atoms. The highest BCUT2D eigenvalue weighted by atomic mass is 17.3. The first-order valence-electron chi connectivity index (χ1n) is 9.41. The van der Waals surface area contributed by atoms with Crippen LogP contribution in [0.2, 0.25) is 0 Å². The van der Waals surface area contributed by atoms with Crippen LogP contribution in [0.25, 0.3) is 0 Å². The average molecular weight is 480 g/mol. The molecule has 0 bridgehead atoms. The Bertz CT molecular complexity index is 965. The third kappa shape index (κ3) is 5.46. The first kappa shape index (κ1) is 25.8. The van der Waals surface area contributed by atoms with Crippen LogP contribution in [0.5, 0.6) is 34.5 Å². The van der Waals surface area contributed by atoms with Gasteiger partial charge < -0.3 is 28.4 Å². The summed E-state index contributed by atoms with van der Waals surface area (Å²) in [4.78, 5) is 43.5. The first-order valence-corrected chi connectivity index (χ1v) is 9.41. The lowest BCUT2D eigenvalue weighted by Gasteiger charge is -2.15. The summed E-state index contributed by atoms with van der Waals surface area (Å²) in [6.45, 7) is 3.34. The molecule has 2 aromatic rings. The number of benzene rings is 2. The zero-order valence-electron chi connectivity index (χ0n) is 19.4. The molecule has 0 aromatic heterocycles. The van der Waals surface area contributed by atoms with Crippen molar-refractivity contribution < 1.29 is 57.6 Å². The van der Waals surface area contributed by atoms with Crippen molar-refractivity contribution in [3.63, 3.8) is 0 Å². The van der Waals surface area contributed by atoms with E-state index in [1.54, 1.807) is 0 Å². The van der Waals surface area contributed by atoms with Gasteiger partial charge in [0, 0.05) is 0 Å². The van der Waals surface area contributed by atoms with Crippen molar-refractivity contribution >= 4 is 11.9 Å².